The molecule has 1 aromatic heterocycles. The van der Waals surface area contributed by atoms with E-state index in [2.05, 4.69) is 15.3 Å². The van der Waals surface area contributed by atoms with E-state index in [9.17, 15) is 4.79 Å². The largest absolute Gasteiger partial charge is 0.444 e. The van der Waals surface area contributed by atoms with Crippen LogP contribution in [-0.2, 0) is 17.7 Å². The van der Waals surface area contributed by atoms with Gasteiger partial charge in [0.2, 0.25) is 5.95 Å². The summed E-state index contributed by atoms with van der Waals surface area (Å²) in [6.45, 7) is 6.71. The summed E-state index contributed by atoms with van der Waals surface area (Å²) in [5.74, 6) is 0.574. The van der Waals surface area contributed by atoms with Crippen LogP contribution in [0.3, 0.4) is 0 Å². The lowest BCUT2D eigenvalue weighted by Crippen LogP contribution is -2.40. The Hall–Kier alpha value is -1.85. The van der Waals surface area contributed by atoms with Crippen LogP contribution in [0, 0.1) is 0 Å². The molecule has 0 spiro atoms. The summed E-state index contributed by atoms with van der Waals surface area (Å²) >= 11 is 0. The quantitative estimate of drug-likeness (QED) is 0.838. The molecule has 0 aliphatic carbocycles. The molecule has 0 unspecified atom stereocenters. The van der Waals surface area contributed by atoms with E-state index >= 15 is 0 Å². The number of hydrogen-bond acceptors (Lipinski definition) is 5. The second-order valence-electron chi connectivity index (χ2n) is 5.57. The number of carbonyl (C=O) groups excluding carboxylic acids is 1. The summed E-state index contributed by atoms with van der Waals surface area (Å²) < 4.78 is 5.38. The van der Waals surface area contributed by atoms with Gasteiger partial charge in [-0.3, -0.25) is 0 Å². The molecule has 1 aliphatic heterocycles. The van der Waals surface area contributed by atoms with E-state index in [1.54, 1.807) is 11.9 Å². The minimum absolute atomic E-state index is 0.289. The molecular weight excluding hydrogens is 244 g/mol. The molecule has 2 rings (SSSR count). The Kier molecular flexibility index (Phi) is 3.59. The van der Waals surface area contributed by atoms with Gasteiger partial charge in [-0.1, -0.05) is 0 Å². The van der Waals surface area contributed by atoms with Crippen LogP contribution in [0.4, 0.5) is 10.7 Å². The lowest BCUT2D eigenvalue weighted by molar-refractivity contribution is 0.0221. The number of anilines is 1. The molecule has 1 aliphatic rings. The third-order valence-corrected chi connectivity index (χ3v) is 2.82. The average molecular weight is 264 g/mol. The van der Waals surface area contributed by atoms with Crippen molar-refractivity contribution in [3.63, 3.8) is 0 Å². The summed E-state index contributed by atoms with van der Waals surface area (Å²) in [5, 5.41) is 2.90. The van der Waals surface area contributed by atoms with E-state index in [0.717, 1.165) is 17.7 Å². The molecule has 0 atom stereocenters. The Bertz CT molecular complexity index is 482. The van der Waals surface area contributed by atoms with Gasteiger partial charge in [0, 0.05) is 19.8 Å². The maximum Gasteiger partial charge on any atom is 0.410 e. The van der Waals surface area contributed by atoms with Crippen molar-refractivity contribution in [2.75, 3.05) is 18.9 Å². The van der Waals surface area contributed by atoms with E-state index in [1.165, 1.54) is 0 Å². The van der Waals surface area contributed by atoms with Crippen molar-refractivity contribution < 1.29 is 9.53 Å². The Balaban J connectivity index is 2.10. The zero-order chi connectivity index (χ0) is 14.0. The molecule has 0 aromatic carbocycles. The van der Waals surface area contributed by atoms with E-state index in [0.29, 0.717) is 19.0 Å². The molecular formula is C13H20N4O2. The molecule has 2 heterocycles. The zero-order valence-corrected chi connectivity index (χ0v) is 11.9. The van der Waals surface area contributed by atoms with Gasteiger partial charge >= 0.3 is 6.09 Å². The number of carbonyl (C=O) groups is 1. The van der Waals surface area contributed by atoms with Crippen molar-refractivity contribution in [1.82, 2.24) is 14.9 Å². The average Bonchev–Trinajstić information content (AvgIpc) is 2.35. The second-order valence-corrected chi connectivity index (χ2v) is 5.57. The topological polar surface area (TPSA) is 67.4 Å². The molecule has 0 radical (unpaired) electrons. The van der Waals surface area contributed by atoms with E-state index in [4.69, 9.17) is 4.74 Å². The highest BCUT2D eigenvalue weighted by Crippen LogP contribution is 2.19. The molecule has 1 N–H and O–H groups in total. The maximum atomic E-state index is 12.0. The molecule has 0 bridgehead atoms. The van der Waals surface area contributed by atoms with Gasteiger partial charge in [0.25, 0.3) is 0 Å². The van der Waals surface area contributed by atoms with Gasteiger partial charge in [0.1, 0.15) is 5.60 Å². The van der Waals surface area contributed by atoms with Crippen molar-refractivity contribution in [2.45, 2.75) is 39.3 Å². The van der Waals surface area contributed by atoms with Crippen LogP contribution in [0.2, 0.25) is 0 Å². The van der Waals surface area contributed by atoms with Gasteiger partial charge in [0.15, 0.2) is 0 Å². The number of nitrogens with zero attached hydrogens (tertiary/aromatic N) is 3. The summed E-state index contributed by atoms with van der Waals surface area (Å²) in [6.07, 6.45) is 2.29. The number of nitrogens with one attached hydrogen (secondary N) is 1. The van der Waals surface area contributed by atoms with E-state index in [-0.39, 0.29) is 6.09 Å². The molecule has 1 amide bonds. The van der Waals surface area contributed by atoms with Crippen molar-refractivity contribution >= 4 is 12.0 Å². The van der Waals surface area contributed by atoms with Crippen LogP contribution in [0.5, 0.6) is 0 Å². The summed E-state index contributed by atoms with van der Waals surface area (Å²) in [4.78, 5) is 22.3. The molecule has 0 saturated heterocycles. The molecule has 1 aromatic rings. The SMILES string of the molecule is CNc1ncc2c(n1)CN(C(=O)OC(C)(C)C)CC2. The highest BCUT2D eigenvalue weighted by Gasteiger charge is 2.26. The number of amides is 1. The Morgan fingerprint density at radius 3 is 2.84 bits per heavy atom. The Morgan fingerprint density at radius 1 is 1.47 bits per heavy atom. The minimum Gasteiger partial charge on any atom is -0.444 e. The van der Waals surface area contributed by atoms with Crippen molar-refractivity contribution in [1.29, 1.82) is 0 Å². The lowest BCUT2D eigenvalue weighted by Gasteiger charge is -2.30. The Morgan fingerprint density at radius 2 is 2.21 bits per heavy atom. The summed E-state index contributed by atoms with van der Waals surface area (Å²) in [7, 11) is 1.77. The fraction of sp³-hybridized carbons (Fsp3) is 0.615. The van der Waals surface area contributed by atoms with Gasteiger partial charge in [-0.05, 0) is 32.8 Å². The zero-order valence-electron chi connectivity index (χ0n) is 11.9. The first-order valence-electron chi connectivity index (χ1n) is 6.39. The number of hydrogen-bond donors (Lipinski definition) is 1. The van der Waals surface area contributed by atoms with Crippen LogP contribution in [0.25, 0.3) is 0 Å². The van der Waals surface area contributed by atoms with Crippen molar-refractivity contribution in [3.8, 4) is 0 Å². The lowest BCUT2D eigenvalue weighted by atomic mass is 10.1. The van der Waals surface area contributed by atoms with Crippen LogP contribution in [0.1, 0.15) is 32.0 Å². The third kappa shape index (κ3) is 3.33. The monoisotopic (exact) mass is 264 g/mol. The van der Waals surface area contributed by atoms with Crippen molar-refractivity contribution in [3.05, 3.63) is 17.5 Å². The van der Waals surface area contributed by atoms with Gasteiger partial charge in [-0.15, -0.1) is 0 Å². The van der Waals surface area contributed by atoms with Gasteiger partial charge < -0.3 is 15.0 Å². The molecule has 104 valence electrons. The van der Waals surface area contributed by atoms with Crippen LogP contribution < -0.4 is 5.32 Å². The molecule has 6 nitrogen and oxygen atoms in total. The number of fused-ring (bicyclic) bond motifs is 1. The third-order valence-electron chi connectivity index (χ3n) is 2.82. The first-order valence-corrected chi connectivity index (χ1v) is 6.39. The van der Waals surface area contributed by atoms with Crippen LogP contribution in [0.15, 0.2) is 6.20 Å². The molecule has 0 saturated carbocycles. The Labute approximate surface area is 113 Å². The first kappa shape index (κ1) is 13.6. The first-order chi connectivity index (χ1) is 8.89. The number of ether oxygens (including phenoxy) is 1. The standard InChI is InChI=1S/C13H20N4O2/c1-13(2,3)19-12(18)17-6-5-9-7-15-11(14-4)16-10(9)8-17/h7H,5-6,8H2,1-4H3,(H,14,15,16). The normalized spacial score (nSPS) is 14.8. The highest BCUT2D eigenvalue weighted by molar-refractivity contribution is 5.68. The van der Waals surface area contributed by atoms with E-state index < -0.39 is 5.60 Å². The fourth-order valence-electron chi connectivity index (χ4n) is 1.91. The van der Waals surface area contributed by atoms with E-state index in [1.807, 2.05) is 27.0 Å². The number of rotatable bonds is 1. The van der Waals surface area contributed by atoms with Gasteiger partial charge in [-0.2, -0.15) is 0 Å². The van der Waals surface area contributed by atoms with Gasteiger partial charge in [0.05, 0.1) is 12.2 Å². The predicted molar refractivity (Wildman–Crippen MR) is 71.9 cm³/mol. The highest BCUT2D eigenvalue weighted by atomic mass is 16.6. The summed E-state index contributed by atoms with van der Waals surface area (Å²) in [5.41, 5.74) is 1.51. The number of aromatic nitrogens is 2. The maximum absolute atomic E-state index is 12.0. The van der Waals surface area contributed by atoms with Crippen LogP contribution >= 0.6 is 0 Å². The molecule has 19 heavy (non-hydrogen) atoms. The van der Waals surface area contributed by atoms with Crippen LogP contribution in [-0.4, -0.2) is 40.2 Å². The van der Waals surface area contributed by atoms with Gasteiger partial charge in [-0.25, -0.2) is 14.8 Å². The summed E-state index contributed by atoms with van der Waals surface area (Å²) in [6, 6.07) is 0. The second kappa shape index (κ2) is 5.03. The molecule has 0 fully saturated rings. The predicted octanol–water partition coefficient (Wildman–Crippen LogP) is 1.81. The van der Waals surface area contributed by atoms with Crippen molar-refractivity contribution in [2.24, 2.45) is 0 Å². The fourth-order valence-corrected chi connectivity index (χ4v) is 1.91. The molecule has 6 heteroatoms. The smallest absolute Gasteiger partial charge is 0.410 e. The minimum atomic E-state index is -0.473.